The molecular weight excluding hydrogens is 380 g/mol. The van der Waals surface area contributed by atoms with Gasteiger partial charge >= 0.3 is 0 Å². The van der Waals surface area contributed by atoms with Crippen LogP contribution in [0.4, 0.5) is 0 Å². The quantitative estimate of drug-likeness (QED) is 0.553. The number of hydrogen-bond acceptors (Lipinski definition) is 5. The van der Waals surface area contributed by atoms with Gasteiger partial charge in [-0.3, -0.25) is 9.78 Å². The predicted molar refractivity (Wildman–Crippen MR) is 115 cm³/mol. The maximum atomic E-state index is 12.3. The first kappa shape index (κ1) is 21.2. The number of methoxy groups -OCH3 is 2. The molecule has 156 valence electrons. The van der Waals surface area contributed by atoms with Crippen molar-refractivity contribution >= 4 is 5.91 Å². The van der Waals surface area contributed by atoms with Crippen molar-refractivity contribution in [1.82, 2.24) is 10.3 Å². The Morgan fingerprint density at radius 3 is 2.47 bits per heavy atom. The van der Waals surface area contributed by atoms with Crippen LogP contribution in [-0.2, 0) is 24.4 Å². The molecule has 1 aromatic heterocycles. The fourth-order valence-corrected chi connectivity index (χ4v) is 2.97. The lowest BCUT2D eigenvalue weighted by molar-refractivity contribution is -0.121. The first-order valence-electron chi connectivity index (χ1n) is 9.76. The standard InChI is InChI=1S/C24H26N2O4/c1-28-22-10-11-23(29-2)20(14-22)7-12-24(27)26-16-18-5-8-21(9-6-18)30-17-19-4-3-13-25-15-19/h3-6,8-11,13-15H,7,12,16-17H2,1-2H3,(H,26,27). The van der Waals surface area contributed by atoms with E-state index in [2.05, 4.69) is 10.3 Å². The molecule has 0 saturated carbocycles. The van der Waals surface area contributed by atoms with E-state index in [1.165, 1.54) is 0 Å². The number of hydrogen-bond donors (Lipinski definition) is 1. The third-order valence-corrected chi connectivity index (χ3v) is 4.65. The van der Waals surface area contributed by atoms with E-state index in [1.807, 2.05) is 54.6 Å². The number of rotatable bonds is 10. The van der Waals surface area contributed by atoms with Gasteiger partial charge in [-0.1, -0.05) is 18.2 Å². The summed E-state index contributed by atoms with van der Waals surface area (Å²) in [5, 5.41) is 2.95. The smallest absolute Gasteiger partial charge is 0.220 e. The molecule has 0 aliphatic heterocycles. The van der Waals surface area contributed by atoms with Gasteiger partial charge in [0.05, 0.1) is 14.2 Å². The van der Waals surface area contributed by atoms with Gasteiger partial charge in [-0.25, -0.2) is 0 Å². The molecule has 3 rings (SSSR count). The maximum Gasteiger partial charge on any atom is 0.220 e. The topological polar surface area (TPSA) is 69.7 Å². The van der Waals surface area contributed by atoms with Crippen LogP contribution in [-0.4, -0.2) is 25.1 Å². The van der Waals surface area contributed by atoms with Crippen LogP contribution < -0.4 is 19.5 Å². The summed E-state index contributed by atoms with van der Waals surface area (Å²) in [4.78, 5) is 16.3. The van der Waals surface area contributed by atoms with Gasteiger partial charge in [0, 0.05) is 30.9 Å². The van der Waals surface area contributed by atoms with E-state index < -0.39 is 0 Å². The van der Waals surface area contributed by atoms with Crippen molar-refractivity contribution in [2.45, 2.75) is 26.0 Å². The Morgan fingerprint density at radius 2 is 1.77 bits per heavy atom. The Bertz CT molecular complexity index is 943. The van der Waals surface area contributed by atoms with Gasteiger partial charge < -0.3 is 19.5 Å². The van der Waals surface area contributed by atoms with Gasteiger partial charge in [0.1, 0.15) is 23.9 Å². The Morgan fingerprint density at radius 1 is 0.967 bits per heavy atom. The molecule has 30 heavy (non-hydrogen) atoms. The summed E-state index contributed by atoms with van der Waals surface area (Å²) in [5.74, 6) is 2.26. The van der Waals surface area contributed by atoms with Crippen LogP contribution in [0.25, 0.3) is 0 Å². The second-order valence-electron chi connectivity index (χ2n) is 6.75. The fourth-order valence-electron chi connectivity index (χ4n) is 2.97. The molecule has 0 radical (unpaired) electrons. The normalized spacial score (nSPS) is 10.3. The third kappa shape index (κ3) is 6.24. The lowest BCUT2D eigenvalue weighted by Crippen LogP contribution is -2.23. The summed E-state index contributed by atoms with van der Waals surface area (Å²) in [6.07, 6.45) is 4.47. The van der Waals surface area contributed by atoms with Gasteiger partial charge in [-0.15, -0.1) is 0 Å². The van der Waals surface area contributed by atoms with Crippen molar-refractivity contribution in [2.75, 3.05) is 14.2 Å². The predicted octanol–water partition coefficient (Wildman–Crippen LogP) is 3.93. The number of benzene rings is 2. The minimum Gasteiger partial charge on any atom is -0.497 e. The summed E-state index contributed by atoms with van der Waals surface area (Å²) < 4.78 is 16.4. The van der Waals surface area contributed by atoms with Crippen LogP contribution in [0.15, 0.2) is 67.0 Å². The van der Waals surface area contributed by atoms with Gasteiger partial charge in [0.15, 0.2) is 0 Å². The molecule has 0 bridgehead atoms. The van der Waals surface area contributed by atoms with Gasteiger partial charge in [-0.2, -0.15) is 0 Å². The summed E-state index contributed by atoms with van der Waals surface area (Å²) in [6, 6.07) is 17.1. The molecule has 1 N–H and O–H groups in total. The lowest BCUT2D eigenvalue weighted by atomic mass is 10.1. The van der Waals surface area contributed by atoms with Crippen molar-refractivity contribution in [3.05, 3.63) is 83.7 Å². The number of aryl methyl sites for hydroxylation is 1. The number of amides is 1. The van der Waals surface area contributed by atoms with E-state index in [1.54, 1.807) is 26.6 Å². The summed E-state index contributed by atoms with van der Waals surface area (Å²) in [7, 11) is 3.24. The van der Waals surface area contributed by atoms with Crippen molar-refractivity contribution in [2.24, 2.45) is 0 Å². The maximum absolute atomic E-state index is 12.3. The molecule has 0 saturated heterocycles. The Hall–Kier alpha value is -3.54. The van der Waals surface area contributed by atoms with Crippen molar-refractivity contribution in [1.29, 1.82) is 0 Å². The summed E-state index contributed by atoms with van der Waals surface area (Å²) >= 11 is 0. The molecule has 0 aliphatic rings. The Kier molecular flexibility index (Phi) is 7.66. The number of aromatic nitrogens is 1. The minimum atomic E-state index is -0.0169. The zero-order chi connectivity index (χ0) is 21.2. The molecular formula is C24H26N2O4. The number of carbonyl (C=O) groups is 1. The molecule has 0 spiro atoms. The molecule has 1 amide bonds. The number of nitrogens with zero attached hydrogens (tertiary/aromatic N) is 1. The second-order valence-corrected chi connectivity index (χ2v) is 6.75. The zero-order valence-corrected chi connectivity index (χ0v) is 17.3. The number of nitrogens with one attached hydrogen (secondary N) is 1. The highest BCUT2D eigenvalue weighted by Gasteiger charge is 2.08. The van der Waals surface area contributed by atoms with E-state index in [0.717, 1.165) is 33.9 Å². The van der Waals surface area contributed by atoms with Crippen LogP contribution in [0.5, 0.6) is 17.2 Å². The molecule has 0 unspecified atom stereocenters. The average molecular weight is 406 g/mol. The van der Waals surface area contributed by atoms with E-state index >= 15 is 0 Å². The fraction of sp³-hybridized carbons (Fsp3) is 0.250. The van der Waals surface area contributed by atoms with Crippen LogP contribution >= 0.6 is 0 Å². The average Bonchev–Trinajstić information content (AvgIpc) is 2.81. The van der Waals surface area contributed by atoms with Gasteiger partial charge in [-0.05, 0) is 53.9 Å². The van der Waals surface area contributed by atoms with E-state index in [0.29, 0.717) is 26.0 Å². The lowest BCUT2D eigenvalue weighted by Gasteiger charge is -2.11. The van der Waals surface area contributed by atoms with Crippen molar-refractivity contribution in [3.63, 3.8) is 0 Å². The first-order chi connectivity index (χ1) is 14.7. The molecule has 6 nitrogen and oxygen atoms in total. The Balaban J connectivity index is 1.44. The van der Waals surface area contributed by atoms with Crippen LogP contribution in [0.1, 0.15) is 23.1 Å². The summed E-state index contributed by atoms with van der Waals surface area (Å²) in [6.45, 7) is 0.939. The molecule has 3 aromatic rings. The van der Waals surface area contributed by atoms with Gasteiger partial charge in [0.2, 0.25) is 5.91 Å². The number of ether oxygens (including phenoxy) is 3. The SMILES string of the molecule is COc1ccc(OC)c(CCC(=O)NCc2ccc(OCc3cccnc3)cc2)c1. The monoisotopic (exact) mass is 406 g/mol. The third-order valence-electron chi connectivity index (χ3n) is 4.65. The highest BCUT2D eigenvalue weighted by molar-refractivity contribution is 5.76. The van der Waals surface area contributed by atoms with Crippen LogP contribution in [0.3, 0.4) is 0 Å². The van der Waals surface area contributed by atoms with Crippen LogP contribution in [0.2, 0.25) is 0 Å². The molecule has 0 fully saturated rings. The van der Waals surface area contributed by atoms with Gasteiger partial charge in [0.25, 0.3) is 0 Å². The Labute approximate surface area is 176 Å². The van der Waals surface area contributed by atoms with Crippen LogP contribution in [0, 0.1) is 0 Å². The minimum absolute atomic E-state index is 0.0169. The number of carbonyl (C=O) groups excluding carboxylic acids is 1. The molecule has 0 aliphatic carbocycles. The molecule has 2 aromatic carbocycles. The van der Waals surface area contributed by atoms with E-state index in [9.17, 15) is 4.79 Å². The highest BCUT2D eigenvalue weighted by atomic mass is 16.5. The van der Waals surface area contributed by atoms with E-state index in [-0.39, 0.29) is 5.91 Å². The van der Waals surface area contributed by atoms with Crippen molar-refractivity contribution < 1.29 is 19.0 Å². The van der Waals surface area contributed by atoms with Crippen molar-refractivity contribution in [3.8, 4) is 17.2 Å². The zero-order valence-electron chi connectivity index (χ0n) is 17.3. The largest absolute Gasteiger partial charge is 0.497 e. The summed E-state index contributed by atoms with van der Waals surface area (Å²) in [5.41, 5.74) is 2.97. The first-order valence-corrected chi connectivity index (χ1v) is 9.76. The molecule has 6 heteroatoms. The second kappa shape index (κ2) is 10.9. The highest BCUT2D eigenvalue weighted by Crippen LogP contribution is 2.25. The number of pyridine rings is 1. The molecule has 0 atom stereocenters. The van der Waals surface area contributed by atoms with E-state index in [4.69, 9.17) is 14.2 Å². The molecule has 1 heterocycles.